The van der Waals surface area contributed by atoms with Crippen LogP contribution in [0, 0.1) is 17.6 Å². The number of hydrogen-bond acceptors (Lipinski definition) is 4. The van der Waals surface area contributed by atoms with Gasteiger partial charge in [-0.25, -0.2) is 13.6 Å². The fourth-order valence-electron chi connectivity index (χ4n) is 2.86. The molecule has 1 atom stereocenters. The van der Waals surface area contributed by atoms with Crippen molar-refractivity contribution in [2.24, 2.45) is 5.92 Å². The number of rotatable bonds is 8. The molecule has 0 fully saturated rings. The van der Waals surface area contributed by atoms with Gasteiger partial charge in [0.25, 0.3) is 0 Å². The third-order valence-corrected chi connectivity index (χ3v) is 4.38. The summed E-state index contributed by atoms with van der Waals surface area (Å²) in [5.41, 5.74) is -0.946. The van der Waals surface area contributed by atoms with Crippen LogP contribution < -0.4 is 0 Å². The van der Waals surface area contributed by atoms with Gasteiger partial charge in [-0.2, -0.15) is 0 Å². The van der Waals surface area contributed by atoms with Crippen LogP contribution in [0.3, 0.4) is 0 Å². The zero-order chi connectivity index (χ0) is 20.0. The lowest BCUT2D eigenvalue weighted by molar-refractivity contribution is -0.171. The smallest absolute Gasteiger partial charge is 0.338 e. The highest BCUT2D eigenvalue weighted by atomic mass is 19.1. The van der Waals surface area contributed by atoms with Crippen molar-refractivity contribution in [2.45, 2.75) is 32.0 Å². The molecular weight excluding hydrogens is 354 g/mol. The SMILES string of the molecule is COC(=O)[C@@H](O)C(OCCC(C)C)(c1ccc(F)cc1)c1ccc(F)cc1. The Labute approximate surface area is 157 Å². The van der Waals surface area contributed by atoms with Crippen LogP contribution in [0.1, 0.15) is 31.4 Å². The van der Waals surface area contributed by atoms with E-state index in [4.69, 9.17) is 9.47 Å². The molecule has 4 nitrogen and oxygen atoms in total. The van der Waals surface area contributed by atoms with Gasteiger partial charge >= 0.3 is 5.97 Å². The second kappa shape index (κ2) is 9.06. The summed E-state index contributed by atoms with van der Waals surface area (Å²) in [5, 5.41) is 10.9. The summed E-state index contributed by atoms with van der Waals surface area (Å²) in [6, 6.07) is 10.6. The van der Waals surface area contributed by atoms with Crippen LogP contribution in [-0.4, -0.2) is 30.9 Å². The Bertz CT molecular complexity index is 696. The van der Waals surface area contributed by atoms with Gasteiger partial charge in [0.1, 0.15) is 11.6 Å². The van der Waals surface area contributed by atoms with Crippen LogP contribution in [0.5, 0.6) is 0 Å². The number of carbonyl (C=O) groups is 1. The van der Waals surface area contributed by atoms with Crippen LogP contribution in [0.25, 0.3) is 0 Å². The number of aliphatic hydroxyl groups excluding tert-OH is 1. The molecule has 2 aromatic rings. The van der Waals surface area contributed by atoms with E-state index in [0.29, 0.717) is 23.5 Å². The molecule has 6 heteroatoms. The molecule has 27 heavy (non-hydrogen) atoms. The fraction of sp³-hybridized carbons (Fsp3) is 0.381. The third kappa shape index (κ3) is 4.70. The van der Waals surface area contributed by atoms with Crippen molar-refractivity contribution in [1.29, 1.82) is 0 Å². The highest BCUT2D eigenvalue weighted by Crippen LogP contribution is 2.38. The molecule has 0 saturated carbocycles. The minimum atomic E-state index is -1.73. The Balaban J connectivity index is 2.64. The number of benzene rings is 2. The highest BCUT2D eigenvalue weighted by molar-refractivity contribution is 5.77. The summed E-state index contributed by atoms with van der Waals surface area (Å²) in [4.78, 5) is 12.2. The first-order valence-electron chi connectivity index (χ1n) is 8.73. The second-order valence-electron chi connectivity index (χ2n) is 6.71. The van der Waals surface area contributed by atoms with Crippen LogP contribution in [0.4, 0.5) is 8.78 Å². The van der Waals surface area contributed by atoms with Gasteiger partial charge in [-0.3, -0.25) is 0 Å². The van der Waals surface area contributed by atoms with E-state index in [1.54, 1.807) is 0 Å². The molecule has 2 aromatic carbocycles. The molecule has 0 radical (unpaired) electrons. The predicted molar refractivity (Wildman–Crippen MR) is 97.0 cm³/mol. The topological polar surface area (TPSA) is 55.8 Å². The van der Waals surface area contributed by atoms with Gasteiger partial charge in [0, 0.05) is 6.61 Å². The van der Waals surface area contributed by atoms with Crippen molar-refractivity contribution < 1.29 is 28.2 Å². The number of halogens is 2. The first-order valence-corrected chi connectivity index (χ1v) is 8.73. The normalized spacial score (nSPS) is 12.9. The number of carbonyl (C=O) groups excluding carboxylic acids is 1. The molecule has 146 valence electrons. The standard InChI is InChI=1S/C21H24F2O4/c1-14(2)12-13-27-21(19(24)20(25)26-3,15-4-8-17(22)9-5-15)16-6-10-18(23)11-7-16/h4-11,14,19,24H,12-13H2,1-3H3/t19-/m1/s1. The summed E-state index contributed by atoms with van der Waals surface area (Å²) in [5.74, 6) is -1.53. The van der Waals surface area contributed by atoms with Crippen LogP contribution in [0.2, 0.25) is 0 Å². The van der Waals surface area contributed by atoms with Gasteiger partial charge in [-0.15, -0.1) is 0 Å². The van der Waals surface area contributed by atoms with Crippen LogP contribution in [0.15, 0.2) is 48.5 Å². The maximum Gasteiger partial charge on any atom is 0.338 e. The maximum absolute atomic E-state index is 13.5. The zero-order valence-electron chi connectivity index (χ0n) is 15.6. The Hall–Kier alpha value is -2.31. The number of methoxy groups -OCH3 is 1. The Morgan fingerprint density at radius 3 is 1.81 bits per heavy atom. The van der Waals surface area contributed by atoms with Gasteiger partial charge < -0.3 is 14.6 Å². The second-order valence-corrected chi connectivity index (χ2v) is 6.71. The minimum Gasteiger partial charge on any atom is -0.467 e. The summed E-state index contributed by atoms with van der Waals surface area (Å²) >= 11 is 0. The molecule has 0 bridgehead atoms. The Kier molecular flexibility index (Phi) is 7.05. The van der Waals surface area contributed by atoms with Gasteiger partial charge in [0.2, 0.25) is 0 Å². The van der Waals surface area contributed by atoms with Crippen LogP contribution >= 0.6 is 0 Å². The molecule has 2 rings (SSSR count). The molecule has 0 saturated heterocycles. The van der Waals surface area contributed by atoms with E-state index in [2.05, 4.69) is 0 Å². The molecule has 0 amide bonds. The molecule has 0 aliphatic heterocycles. The summed E-state index contributed by atoms with van der Waals surface area (Å²) in [6.45, 7) is 4.25. The lowest BCUT2D eigenvalue weighted by Gasteiger charge is -2.38. The molecule has 0 heterocycles. The average molecular weight is 378 g/mol. The summed E-state index contributed by atoms with van der Waals surface area (Å²) in [7, 11) is 1.15. The molecule has 0 aromatic heterocycles. The Morgan fingerprint density at radius 1 is 1.00 bits per heavy atom. The summed E-state index contributed by atoms with van der Waals surface area (Å²) < 4.78 is 37.7. The molecule has 1 N–H and O–H groups in total. The first kappa shape index (κ1) is 21.0. The van der Waals surface area contributed by atoms with E-state index in [9.17, 15) is 18.7 Å². The fourth-order valence-corrected chi connectivity index (χ4v) is 2.86. The van der Waals surface area contributed by atoms with Gasteiger partial charge in [-0.1, -0.05) is 38.1 Å². The Morgan fingerprint density at radius 2 is 1.44 bits per heavy atom. The largest absolute Gasteiger partial charge is 0.467 e. The lowest BCUT2D eigenvalue weighted by atomic mass is 9.81. The van der Waals surface area contributed by atoms with Crippen molar-refractivity contribution in [2.75, 3.05) is 13.7 Å². The van der Waals surface area contributed by atoms with E-state index in [1.807, 2.05) is 13.8 Å². The van der Waals surface area contributed by atoms with E-state index in [1.165, 1.54) is 48.5 Å². The molecule has 0 unspecified atom stereocenters. The average Bonchev–Trinajstić information content (AvgIpc) is 2.65. The number of hydrogen-bond donors (Lipinski definition) is 1. The summed E-state index contributed by atoms with van der Waals surface area (Å²) in [6.07, 6.45) is -1.07. The first-order chi connectivity index (χ1) is 12.8. The van der Waals surface area contributed by atoms with Crippen molar-refractivity contribution >= 4 is 5.97 Å². The number of aliphatic hydroxyl groups is 1. The van der Waals surface area contributed by atoms with Gasteiger partial charge in [0.05, 0.1) is 7.11 Å². The molecular formula is C21H24F2O4. The van der Waals surface area contributed by atoms with Crippen molar-refractivity contribution in [1.82, 2.24) is 0 Å². The van der Waals surface area contributed by atoms with E-state index < -0.39 is 29.3 Å². The van der Waals surface area contributed by atoms with E-state index in [-0.39, 0.29) is 6.61 Å². The quantitative estimate of drug-likeness (QED) is 0.710. The number of esters is 1. The van der Waals surface area contributed by atoms with Crippen molar-refractivity contribution in [3.63, 3.8) is 0 Å². The maximum atomic E-state index is 13.5. The monoisotopic (exact) mass is 378 g/mol. The zero-order valence-corrected chi connectivity index (χ0v) is 15.6. The molecule has 0 spiro atoms. The highest BCUT2D eigenvalue weighted by Gasteiger charge is 2.47. The van der Waals surface area contributed by atoms with Gasteiger partial charge in [-0.05, 0) is 47.7 Å². The van der Waals surface area contributed by atoms with Crippen LogP contribution in [-0.2, 0) is 19.9 Å². The van der Waals surface area contributed by atoms with Crippen molar-refractivity contribution in [3.8, 4) is 0 Å². The minimum absolute atomic E-state index is 0.223. The molecule has 0 aliphatic rings. The third-order valence-electron chi connectivity index (χ3n) is 4.38. The van der Waals surface area contributed by atoms with E-state index >= 15 is 0 Å². The van der Waals surface area contributed by atoms with E-state index in [0.717, 1.165) is 7.11 Å². The molecule has 0 aliphatic carbocycles. The number of ether oxygens (including phenoxy) is 2. The lowest BCUT2D eigenvalue weighted by Crippen LogP contribution is -2.48. The van der Waals surface area contributed by atoms with Gasteiger partial charge in [0.15, 0.2) is 11.7 Å². The van der Waals surface area contributed by atoms with Crippen molar-refractivity contribution in [3.05, 3.63) is 71.3 Å². The predicted octanol–water partition coefficient (Wildman–Crippen LogP) is 3.81.